The molecule has 2 rings (SSSR count). The maximum atomic E-state index is 8.86. The van der Waals surface area contributed by atoms with Gasteiger partial charge in [0.2, 0.25) is 0 Å². The highest BCUT2D eigenvalue weighted by Gasteiger charge is 2.13. The summed E-state index contributed by atoms with van der Waals surface area (Å²) < 4.78 is 11.5. The Hall–Kier alpha value is -0.580. The summed E-state index contributed by atoms with van der Waals surface area (Å²) in [6.07, 6.45) is 0.637. The molecule has 0 unspecified atom stereocenters. The summed E-state index contributed by atoms with van der Waals surface area (Å²) >= 11 is 3.45. The molecule has 76 valence electrons. The van der Waals surface area contributed by atoms with E-state index < -0.39 is 0 Å². The molecular formula is C10H11BrO3. The zero-order valence-corrected chi connectivity index (χ0v) is 9.21. The number of benzene rings is 1. The molecule has 0 atom stereocenters. The molecule has 1 N–H and O–H groups in total. The van der Waals surface area contributed by atoms with E-state index in [2.05, 4.69) is 15.9 Å². The van der Waals surface area contributed by atoms with Crippen LogP contribution in [0.3, 0.4) is 0 Å². The quantitative estimate of drug-likeness (QED) is 0.880. The van der Waals surface area contributed by atoms with Gasteiger partial charge in [-0.15, -0.1) is 0 Å². The van der Waals surface area contributed by atoms with Crippen LogP contribution >= 0.6 is 15.9 Å². The van der Waals surface area contributed by atoms with Crippen LogP contribution in [0.5, 0.6) is 5.75 Å². The number of aliphatic hydroxyl groups is 1. The molecule has 3 nitrogen and oxygen atoms in total. The first kappa shape index (κ1) is 9.96. The number of halogens is 1. The maximum Gasteiger partial charge on any atom is 0.189 e. The van der Waals surface area contributed by atoms with Gasteiger partial charge in [0.15, 0.2) is 6.79 Å². The van der Waals surface area contributed by atoms with Gasteiger partial charge in [0, 0.05) is 16.6 Å². The predicted octanol–water partition coefficient (Wildman–Crippen LogP) is 1.85. The molecule has 0 aromatic heterocycles. The van der Waals surface area contributed by atoms with Crippen LogP contribution in [0.15, 0.2) is 16.6 Å². The zero-order valence-electron chi connectivity index (χ0n) is 7.62. The zero-order chi connectivity index (χ0) is 9.97. The second-order valence-corrected chi connectivity index (χ2v) is 3.99. The van der Waals surface area contributed by atoms with Gasteiger partial charge in [-0.25, -0.2) is 0 Å². The summed E-state index contributed by atoms with van der Waals surface area (Å²) in [7, 11) is 0. The van der Waals surface area contributed by atoms with E-state index in [0.29, 0.717) is 19.8 Å². The second-order valence-electron chi connectivity index (χ2n) is 3.14. The van der Waals surface area contributed by atoms with Crippen molar-refractivity contribution in [1.29, 1.82) is 0 Å². The first-order chi connectivity index (χ1) is 6.81. The standard InChI is InChI=1S/C10H11BrO3/c11-9-3-8-5-13-6-14-10(8)4-7(9)1-2-12/h3-4,12H,1-2,5-6H2. The third kappa shape index (κ3) is 1.92. The van der Waals surface area contributed by atoms with Crippen LogP contribution in [0.2, 0.25) is 0 Å². The van der Waals surface area contributed by atoms with Gasteiger partial charge in [0.25, 0.3) is 0 Å². The average molecular weight is 259 g/mol. The maximum absolute atomic E-state index is 8.86. The summed E-state index contributed by atoms with van der Waals surface area (Å²) in [5, 5.41) is 8.86. The molecular weight excluding hydrogens is 248 g/mol. The first-order valence-corrected chi connectivity index (χ1v) is 5.23. The molecule has 0 aliphatic carbocycles. The van der Waals surface area contributed by atoms with Crippen LogP contribution in [0.4, 0.5) is 0 Å². The number of aliphatic hydroxyl groups excluding tert-OH is 1. The van der Waals surface area contributed by atoms with Crippen molar-refractivity contribution in [1.82, 2.24) is 0 Å². The number of ether oxygens (including phenoxy) is 2. The van der Waals surface area contributed by atoms with Gasteiger partial charge < -0.3 is 14.6 Å². The van der Waals surface area contributed by atoms with Gasteiger partial charge in [-0.2, -0.15) is 0 Å². The van der Waals surface area contributed by atoms with E-state index in [0.717, 1.165) is 21.3 Å². The van der Waals surface area contributed by atoms with Crippen molar-refractivity contribution in [2.45, 2.75) is 13.0 Å². The van der Waals surface area contributed by atoms with Crippen LogP contribution < -0.4 is 4.74 Å². The van der Waals surface area contributed by atoms with E-state index >= 15 is 0 Å². The number of hydrogen-bond acceptors (Lipinski definition) is 3. The normalized spacial score (nSPS) is 14.7. The summed E-state index contributed by atoms with van der Waals surface area (Å²) in [6.45, 7) is 1.05. The Balaban J connectivity index is 2.35. The SMILES string of the molecule is OCCc1cc2c(cc1Br)COCO2. The monoisotopic (exact) mass is 258 g/mol. The van der Waals surface area contributed by atoms with Crippen molar-refractivity contribution in [2.75, 3.05) is 13.4 Å². The summed E-state index contributed by atoms with van der Waals surface area (Å²) in [6, 6.07) is 3.94. The minimum absolute atomic E-state index is 0.147. The molecule has 0 fully saturated rings. The van der Waals surface area contributed by atoms with E-state index in [-0.39, 0.29) is 6.61 Å². The molecule has 0 bridgehead atoms. The Bertz CT molecular complexity index is 338. The van der Waals surface area contributed by atoms with E-state index in [1.54, 1.807) is 0 Å². The molecule has 1 aromatic rings. The van der Waals surface area contributed by atoms with Gasteiger partial charge in [-0.3, -0.25) is 0 Å². The largest absolute Gasteiger partial charge is 0.467 e. The summed E-state index contributed by atoms with van der Waals surface area (Å²) in [4.78, 5) is 0. The van der Waals surface area contributed by atoms with E-state index in [1.807, 2.05) is 12.1 Å². The lowest BCUT2D eigenvalue weighted by Gasteiger charge is -2.19. The molecule has 0 amide bonds. The van der Waals surface area contributed by atoms with Crippen molar-refractivity contribution < 1.29 is 14.6 Å². The highest BCUT2D eigenvalue weighted by atomic mass is 79.9. The fraction of sp³-hybridized carbons (Fsp3) is 0.400. The third-order valence-electron chi connectivity index (χ3n) is 2.17. The van der Waals surface area contributed by atoms with Gasteiger partial charge in [0.1, 0.15) is 5.75 Å². The molecule has 1 aliphatic heterocycles. The minimum atomic E-state index is 0.147. The van der Waals surface area contributed by atoms with E-state index in [9.17, 15) is 0 Å². The lowest BCUT2D eigenvalue weighted by atomic mass is 10.1. The first-order valence-electron chi connectivity index (χ1n) is 4.44. The molecule has 0 saturated carbocycles. The van der Waals surface area contributed by atoms with E-state index in [1.165, 1.54) is 0 Å². The van der Waals surface area contributed by atoms with Gasteiger partial charge >= 0.3 is 0 Å². The number of hydrogen-bond donors (Lipinski definition) is 1. The topological polar surface area (TPSA) is 38.7 Å². The average Bonchev–Trinajstić information content (AvgIpc) is 2.19. The van der Waals surface area contributed by atoms with E-state index in [4.69, 9.17) is 14.6 Å². The molecule has 1 aromatic carbocycles. The van der Waals surface area contributed by atoms with Crippen molar-refractivity contribution >= 4 is 15.9 Å². The third-order valence-corrected chi connectivity index (χ3v) is 2.90. The molecule has 1 aliphatic rings. The van der Waals surface area contributed by atoms with Crippen LogP contribution in [-0.4, -0.2) is 18.5 Å². The van der Waals surface area contributed by atoms with Gasteiger partial charge in [-0.1, -0.05) is 15.9 Å². The molecule has 0 radical (unpaired) electrons. The fourth-order valence-corrected chi connectivity index (χ4v) is 2.04. The highest BCUT2D eigenvalue weighted by molar-refractivity contribution is 9.10. The summed E-state index contributed by atoms with van der Waals surface area (Å²) in [5.74, 6) is 0.864. The lowest BCUT2D eigenvalue weighted by Crippen LogP contribution is -2.11. The van der Waals surface area contributed by atoms with Crippen LogP contribution in [-0.2, 0) is 17.8 Å². The van der Waals surface area contributed by atoms with Crippen molar-refractivity contribution in [2.24, 2.45) is 0 Å². The van der Waals surface area contributed by atoms with Gasteiger partial charge in [0.05, 0.1) is 6.61 Å². The van der Waals surface area contributed by atoms with Crippen LogP contribution in [0, 0.1) is 0 Å². The predicted molar refractivity (Wildman–Crippen MR) is 55.2 cm³/mol. The number of fused-ring (bicyclic) bond motifs is 1. The Morgan fingerprint density at radius 2 is 2.29 bits per heavy atom. The lowest BCUT2D eigenvalue weighted by molar-refractivity contribution is -0.0164. The van der Waals surface area contributed by atoms with Crippen LogP contribution in [0.1, 0.15) is 11.1 Å². The molecule has 0 spiro atoms. The van der Waals surface area contributed by atoms with Crippen molar-refractivity contribution in [3.05, 3.63) is 27.7 Å². The Kier molecular flexibility index (Phi) is 3.05. The minimum Gasteiger partial charge on any atom is -0.467 e. The van der Waals surface area contributed by atoms with Crippen molar-refractivity contribution in [3.8, 4) is 5.75 Å². The highest BCUT2D eigenvalue weighted by Crippen LogP contribution is 2.30. The Morgan fingerprint density at radius 1 is 1.43 bits per heavy atom. The molecule has 14 heavy (non-hydrogen) atoms. The van der Waals surface area contributed by atoms with Gasteiger partial charge in [-0.05, 0) is 24.1 Å². The molecule has 0 saturated heterocycles. The number of rotatable bonds is 2. The Labute approximate surface area is 90.8 Å². The summed E-state index contributed by atoms with van der Waals surface area (Å²) in [5.41, 5.74) is 2.11. The smallest absolute Gasteiger partial charge is 0.189 e. The van der Waals surface area contributed by atoms with Crippen molar-refractivity contribution in [3.63, 3.8) is 0 Å². The second kappa shape index (κ2) is 4.29. The van der Waals surface area contributed by atoms with Crippen LogP contribution in [0.25, 0.3) is 0 Å². The molecule has 1 heterocycles. The Morgan fingerprint density at radius 3 is 3.07 bits per heavy atom. The molecule has 4 heteroatoms. The fourth-order valence-electron chi connectivity index (χ4n) is 1.45.